The third kappa shape index (κ3) is 5.46. The van der Waals surface area contributed by atoms with Crippen molar-refractivity contribution in [3.63, 3.8) is 0 Å². The summed E-state index contributed by atoms with van der Waals surface area (Å²) in [6.07, 6.45) is 6.46. The number of piperidine rings is 2. The van der Waals surface area contributed by atoms with Crippen LogP contribution >= 0.6 is 0 Å². The highest BCUT2D eigenvalue weighted by Gasteiger charge is 2.40. The molecular weight excluding hydrogens is 494 g/mol. The average Bonchev–Trinajstić information content (AvgIpc) is 3.21. The first-order chi connectivity index (χ1) is 18.7. The van der Waals surface area contributed by atoms with Gasteiger partial charge in [-0.25, -0.2) is 0 Å². The van der Waals surface area contributed by atoms with Crippen LogP contribution in [0.2, 0.25) is 0 Å². The Morgan fingerprint density at radius 3 is 2.62 bits per heavy atom. The number of allylic oxidation sites excluding steroid dienone is 1. The number of imide groups is 1. The Hall–Kier alpha value is -3.56. The van der Waals surface area contributed by atoms with Gasteiger partial charge in [0.25, 0.3) is 5.91 Å². The minimum atomic E-state index is -0.704. The monoisotopic (exact) mass is 531 g/mol. The third-order valence-corrected chi connectivity index (χ3v) is 8.17. The second-order valence-corrected chi connectivity index (χ2v) is 11.3. The first kappa shape index (κ1) is 27.0. The number of likely N-dealkylation sites (tertiary alicyclic amines) is 1. The van der Waals surface area contributed by atoms with Gasteiger partial charge < -0.3 is 20.4 Å². The van der Waals surface area contributed by atoms with Gasteiger partial charge in [-0.1, -0.05) is 18.2 Å². The van der Waals surface area contributed by atoms with Gasteiger partial charge in [0.15, 0.2) is 0 Å². The molecule has 3 N–H and O–H groups in total. The van der Waals surface area contributed by atoms with Crippen LogP contribution in [0.1, 0.15) is 55.5 Å². The molecule has 1 atom stereocenters. The molecule has 5 rings (SSSR count). The number of anilines is 1. The second kappa shape index (κ2) is 10.9. The number of hydrogen-bond acceptors (Lipinski definition) is 7. The van der Waals surface area contributed by atoms with Gasteiger partial charge in [0, 0.05) is 69.0 Å². The van der Waals surface area contributed by atoms with Crippen molar-refractivity contribution in [1.29, 1.82) is 5.41 Å². The van der Waals surface area contributed by atoms with Crippen molar-refractivity contribution < 1.29 is 19.1 Å². The third-order valence-electron chi connectivity index (χ3n) is 8.17. The topological polar surface area (TPSA) is 115 Å². The molecule has 0 spiro atoms. The van der Waals surface area contributed by atoms with Crippen LogP contribution in [0.3, 0.4) is 0 Å². The van der Waals surface area contributed by atoms with Crippen molar-refractivity contribution in [2.45, 2.75) is 63.6 Å². The van der Waals surface area contributed by atoms with Crippen molar-refractivity contribution in [2.75, 3.05) is 31.6 Å². The lowest BCUT2D eigenvalue weighted by Crippen LogP contribution is -2.53. The standard InChI is InChI=1S/C30H37N5O4/c1-30(2,39-3)18-34-13-11-21(12-14-34)32-17-19(16-31)15-20-7-8-24-27-22(20)5-4-6-23(27)29(38)35(24)25-9-10-26(36)33-28(25)37/h4-8,16-17,21,25,31-32H,9-15,18H2,1-3H3,(H,33,36,37)/b19-17-,31-16?. The highest BCUT2D eigenvalue weighted by molar-refractivity contribution is 6.27. The molecule has 2 fully saturated rings. The number of ether oxygens (including phenoxy) is 1. The zero-order chi connectivity index (χ0) is 27.7. The Balaban J connectivity index is 1.31. The molecule has 0 aliphatic carbocycles. The van der Waals surface area contributed by atoms with E-state index in [2.05, 4.69) is 29.4 Å². The van der Waals surface area contributed by atoms with Crippen LogP contribution in [0.15, 0.2) is 42.1 Å². The summed E-state index contributed by atoms with van der Waals surface area (Å²) in [5, 5.41) is 15.7. The SMILES string of the molecule is COC(C)(C)CN1CCC(N/C=C(\C=N)Cc2ccc3c4c(cccc24)C(=O)N3C2CCC(=O)NC2=O)CC1. The Morgan fingerprint density at radius 2 is 1.92 bits per heavy atom. The Bertz CT molecular complexity index is 1340. The number of methoxy groups -OCH3 is 1. The van der Waals surface area contributed by atoms with Gasteiger partial charge in [-0.15, -0.1) is 0 Å². The maximum Gasteiger partial charge on any atom is 0.259 e. The van der Waals surface area contributed by atoms with E-state index in [4.69, 9.17) is 10.1 Å². The van der Waals surface area contributed by atoms with Gasteiger partial charge in [-0.05, 0) is 61.8 Å². The Kier molecular flexibility index (Phi) is 7.55. The molecule has 2 aromatic rings. The molecule has 0 saturated carbocycles. The molecule has 3 amide bonds. The van der Waals surface area contributed by atoms with Crippen LogP contribution < -0.4 is 15.5 Å². The van der Waals surface area contributed by atoms with E-state index in [0.717, 1.165) is 54.4 Å². The van der Waals surface area contributed by atoms with Crippen molar-refractivity contribution in [2.24, 2.45) is 0 Å². The van der Waals surface area contributed by atoms with Crippen LogP contribution in [-0.4, -0.2) is 73.3 Å². The predicted molar refractivity (Wildman–Crippen MR) is 151 cm³/mol. The van der Waals surface area contributed by atoms with Crippen molar-refractivity contribution in [1.82, 2.24) is 15.5 Å². The maximum atomic E-state index is 13.4. The van der Waals surface area contributed by atoms with E-state index < -0.39 is 11.9 Å². The fraction of sp³-hybridized carbons (Fsp3) is 0.467. The van der Waals surface area contributed by atoms with E-state index in [9.17, 15) is 14.4 Å². The van der Waals surface area contributed by atoms with E-state index in [1.165, 1.54) is 11.1 Å². The summed E-state index contributed by atoms with van der Waals surface area (Å²) in [6.45, 7) is 7.14. The van der Waals surface area contributed by atoms with E-state index in [1.54, 1.807) is 13.2 Å². The number of nitrogens with zero attached hydrogens (tertiary/aromatic N) is 2. The molecular formula is C30H37N5O4. The lowest BCUT2D eigenvalue weighted by molar-refractivity contribution is -0.134. The summed E-state index contributed by atoms with van der Waals surface area (Å²) in [5.74, 6) is -0.953. The van der Waals surface area contributed by atoms with E-state index in [1.807, 2.05) is 30.5 Å². The van der Waals surface area contributed by atoms with Gasteiger partial charge in [0.2, 0.25) is 11.8 Å². The molecule has 3 heterocycles. The lowest BCUT2D eigenvalue weighted by Gasteiger charge is -2.36. The molecule has 0 radical (unpaired) electrons. The van der Waals surface area contributed by atoms with E-state index >= 15 is 0 Å². The smallest absolute Gasteiger partial charge is 0.259 e. The maximum absolute atomic E-state index is 13.4. The predicted octanol–water partition coefficient (Wildman–Crippen LogP) is 3.16. The van der Waals surface area contributed by atoms with Crippen LogP contribution in [0.4, 0.5) is 5.69 Å². The normalized spacial score (nSPS) is 21.0. The molecule has 2 saturated heterocycles. The molecule has 39 heavy (non-hydrogen) atoms. The van der Waals surface area contributed by atoms with E-state index in [-0.39, 0.29) is 23.8 Å². The Morgan fingerprint density at radius 1 is 1.15 bits per heavy atom. The quantitative estimate of drug-likeness (QED) is 0.338. The molecule has 3 aliphatic heterocycles. The van der Waals surface area contributed by atoms with Crippen LogP contribution in [0.5, 0.6) is 0 Å². The fourth-order valence-corrected chi connectivity index (χ4v) is 5.91. The number of benzene rings is 2. The Labute approximate surface area is 229 Å². The molecule has 1 unspecified atom stereocenters. The van der Waals surface area contributed by atoms with E-state index in [0.29, 0.717) is 30.1 Å². The first-order valence-electron chi connectivity index (χ1n) is 13.7. The average molecular weight is 532 g/mol. The first-order valence-corrected chi connectivity index (χ1v) is 13.7. The summed E-state index contributed by atoms with van der Waals surface area (Å²) in [7, 11) is 1.76. The zero-order valence-electron chi connectivity index (χ0n) is 22.9. The summed E-state index contributed by atoms with van der Waals surface area (Å²) in [5.41, 5.74) is 2.98. The van der Waals surface area contributed by atoms with Crippen molar-refractivity contribution >= 4 is 40.4 Å². The number of amides is 3. The lowest BCUT2D eigenvalue weighted by atomic mass is 9.96. The molecule has 206 valence electrons. The number of nitrogens with one attached hydrogen (secondary N) is 3. The molecule has 2 aromatic carbocycles. The molecule has 0 bridgehead atoms. The van der Waals surface area contributed by atoms with Crippen molar-refractivity contribution in [3.8, 4) is 0 Å². The van der Waals surface area contributed by atoms with Crippen LogP contribution in [0.25, 0.3) is 10.8 Å². The van der Waals surface area contributed by atoms with Gasteiger partial charge in [-0.2, -0.15) is 0 Å². The molecule has 0 aromatic heterocycles. The highest BCUT2D eigenvalue weighted by atomic mass is 16.5. The van der Waals surface area contributed by atoms with Crippen LogP contribution in [0, 0.1) is 5.41 Å². The van der Waals surface area contributed by atoms with Gasteiger partial charge in [0.05, 0.1) is 11.3 Å². The minimum absolute atomic E-state index is 0.156. The fourth-order valence-electron chi connectivity index (χ4n) is 5.91. The number of hydrogen-bond donors (Lipinski definition) is 3. The summed E-state index contributed by atoms with van der Waals surface area (Å²) >= 11 is 0. The minimum Gasteiger partial charge on any atom is -0.388 e. The summed E-state index contributed by atoms with van der Waals surface area (Å²) in [4.78, 5) is 41.6. The number of carbonyl (C=O) groups excluding carboxylic acids is 3. The van der Waals surface area contributed by atoms with Crippen LogP contribution in [-0.2, 0) is 20.7 Å². The van der Waals surface area contributed by atoms with Gasteiger partial charge in [-0.3, -0.25) is 24.6 Å². The van der Waals surface area contributed by atoms with Gasteiger partial charge >= 0.3 is 0 Å². The number of rotatable bonds is 9. The molecule has 9 heteroatoms. The van der Waals surface area contributed by atoms with Crippen molar-refractivity contribution in [3.05, 3.63) is 53.2 Å². The number of carbonyl (C=O) groups is 3. The molecule has 9 nitrogen and oxygen atoms in total. The molecule has 3 aliphatic rings. The second-order valence-electron chi connectivity index (χ2n) is 11.3. The highest BCUT2D eigenvalue weighted by Crippen LogP contribution is 2.41. The summed E-state index contributed by atoms with van der Waals surface area (Å²) in [6, 6.07) is 9.17. The zero-order valence-corrected chi connectivity index (χ0v) is 22.9. The largest absolute Gasteiger partial charge is 0.388 e. The summed E-state index contributed by atoms with van der Waals surface area (Å²) < 4.78 is 5.57. The van der Waals surface area contributed by atoms with Gasteiger partial charge in [0.1, 0.15) is 6.04 Å².